The normalized spacial score (nSPS) is 11.1. The van der Waals surface area contributed by atoms with Crippen molar-refractivity contribution in [1.29, 1.82) is 0 Å². The van der Waals surface area contributed by atoms with Gasteiger partial charge in [-0.25, -0.2) is 13.2 Å². The molecule has 0 aliphatic rings. The first-order valence-electron chi connectivity index (χ1n) is 5.39. The van der Waals surface area contributed by atoms with Crippen LogP contribution in [0.5, 0.6) is 0 Å². The van der Waals surface area contributed by atoms with Gasteiger partial charge in [-0.1, -0.05) is 0 Å². The number of hydrogen-bond donors (Lipinski definition) is 1. The van der Waals surface area contributed by atoms with Gasteiger partial charge in [-0.05, 0) is 52.3 Å². The molecule has 0 saturated heterocycles. The van der Waals surface area contributed by atoms with E-state index in [0.29, 0.717) is 11.3 Å². The lowest BCUT2D eigenvalue weighted by atomic mass is 10.2. The lowest BCUT2D eigenvalue weighted by Gasteiger charge is -2.06. The van der Waals surface area contributed by atoms with Crippen LogP contribution in [-0.4, -0.2) is 21.5 Å². The Balaban J connectivity index is 2.20. The molecular weight excluding hydrogens is 366 g/mol. The zero-order valence-corrected chi connectivity index (χ0v) is 13.5. The fourth-order valence-corrected chi connectivity index (χ4v) is 4.51. The van der Waals surface area contributed by atoms with E-state index in [9.17, 15) is 13.2 Å². The molecule has 1 N–H and O–H groups in total. The molecule has 2 aromatic rings. The average Bonchev–Trinajstić information content (AvgIpc) is 2.86. The lowest BCUT2D eigenvalue weighted by molar-refractivity contribution is 0.0601. The van der Waals surface area contributed by atoms with Gasteiger partial charge >= 0.3 is 5.97 Å². The summed E-state index contributed by atoms with van der Waals surface area (Å²) in [7, 11) is -2.32. The smallest absolute Gasteiger partial charge is 0.337 e. The molecule has 0 bridgehead atoms. The Morgan fingerprint density at radius 2 is 1.85 bits per heavy atom. The fraction of sp³-hybridized carbons (Fsp3) is 0.0833. The summed E-state index contributed by atoms with van der Waals surface area (Å²) in [5.74, 6) is -0.471. The summed E-state index contributed by atoms with van der Waals surface area (Å²) in [6, 6.07) is 9.18. The van der Waals surface area contributed by atoms with Gasteiger partial charge in [0.05, 0.1) is 16.5 Å². The van der Waals surface area contributed by atoms with Crippen molar-refractivity contribution >= 4 is 48.9 Å². The highest BCUT2D eigenvalue weighted by Gasteiger charge is 2.16. The maximum absolute atomic E-state index is 12.1. The van der Waals surface area contributed by atoms with Crippen molar-refractivity contribution in [2.75, 3.05) is 11.8 Å². The van der Waals surface area contributed by atoms with E-state index < -0.39 is 16.0 Å². The molecule has 0 amide bonds. The molecule has 1 aromatic carbocycles. The molecule has 0 saturated carbocycles. The second kappa shape index (κ2) is 5.94. The Morgan fingerprint density at radius 3 is 2.35 bits per heavy atom. The molecule has 0 aliphatic heterocycles. The Labute approximate surface area is 128 Å². The van der Waals surface area contributed by atoms with Gasteiger partial charge < -0.3 is 4.74 Å². The Bertz CT molecular complexity index is 722. The van der Waals surface area contributed by atoms with Gasteiger partial charge in [-0.3, -0.25) is 4.72 Å². The number of thiophene rings is 1. The third kappa shape index (κ3) is 3.38. The van der Waals surface area contributed by atoms with Gasteiger partial charge in [0.25, 0.3) is 10.0 Å². The molecular formula is C12H10BrNO4S2. The van der Waals surface area contributed by atoms with Crippen LogP contribution in [0.1, 0.15) is 10.4 Å². The van der Waals surface area contributed by atoms with Crippen LogP contribution in [0, 0.1) is 0 Å². The van der Waals surface area contributed by atoms with Crippen molar-refractivity contribution in [2.24, 2.45) is 0 Å². The average molecular weight is 376 g/mol. The predicted octanol–water partition coefficient (Wildman–Crippen LogP) is 3.10. The standard InChI is InChI=1S/C12H10BrNO4S2/c1-18-12(15)8-2-4-9(5-3-8)14-20(16,17)11-7-6-10(13)19-11/h2-7,14H,1H3. The highest BCUT2D eigenvalue weighted by atomic mass is 79.9. The molecule has 8 heteroatoms. The second-order valence-corrected chi connectivity index (χ2v) is 8.11. The molecule has 0 aliphatic carbocycles. The largest absolute Gasteiger partial charge is 0.465 e. The summed E-state index contributed by atoms with van der Waals surface area (Å²) in [5.41, 5.74) is 0.733. The van der Waals surface area contributed by atoms with Gasteiger partial charge in [0, 0.05) is 5.69 Å². The molecule has 0 spiro atoms. The summed E-state index contributed by atoms with van der Waals surface area (Å²) < 4.78 is 32.1. The molecule has 20 heavy (non-hydrogen) atoms. The maximum Gasteiger partial charge on any atom is 0.337 e. The van der Waals surface area contributed by atoms with E-state index in [0.717, 1.165) is 15.1 Å². The number of rotatable bonds is 4. The van der Waals surface area contributed by atoms with E-state index in [1.54, 1.807) is 6.07 Å². The highest BCUT2D eigenvalue weighted by Crippen LogP contribution is 2.27. The first-order valence-corrected chi connectivity index (χ1v) is 8.48. The minimum atomic E-state index is -3.61. The van der Waals surface area contributed by atoms with E-state index in [1.807, 2.05) is 0 Å². The Hall–Kier alpha value is -1.38. The van der Waals surface area contributed by atoms with Crippen LogP contribution in [0.2, 0.25) is 0 Å². The number of carbonyl (C=O) groups excluding carboxylic acids is 1. The summed E-state index contributed by atoms with van der Waals surface area (Å²) in [5, 5.41) is 0. The number of sulfonamides is 1. The monoisotopic (exact) mass is 375 g/mol. The van der Waals surface area contributed by atoms with Crippen molar-refractivity contribution < 1.29 is 17.9 Å². The van der Waals surface area contributed by atoms with Crippen molar-refractivity contribution in [3.8, 4) is 0 Å². The number of nitrogens with one attached hydrogen (secondary N) is 1. The first-order chi connectivity index (χ1) is 9.42. The highest BCUT2D eigenvalue weighted by molar-refractivity contribution is 9.11. The number of hydrogen-bond acceptors (Lipinski definition) is 5. The maximum atomic E-state index is 12.1. The first kappa shape index (κ1) is 15.0. The van der Waals surface area contributed by atoms with Gasteiger partial charge in [-0.2, -0.15) is 0 Å². The van der Waals surface area contributed by atoms with Gasteiger partial charge in [0.2, 0.25) is 0 Å². The molecule has 106 valence electrons. The Morgan fingerprint density at radius 1 is 1.20 bits per heavy atom. The van der Waals surface area contributed by atoms with Crippen molar-refractivity contribution in [1.82, 2.24) is 0 Å². The third-order valence-electron chi connectivity index (χ3n) is 2.37. The molecule has 2 rings (SSSR count). The number of benzene rings is 1. The number of ether oxygens (including phenoxy) is 1. The van der Waals surface area contributed by atoms with Crippen LogP contribution in [-0.2, 0) is 14.8 Å². The quantitative estimate of drug-likeness (QED) is 0.833. The number of methoxy groups -OCH3 is 1. The molecule has 0 fully saturated rings. The number of halogens is 1. The van der Waals surface area contributed by atoms with Crippen LogP contribution in [0.15, 0.2) is 44.4 Å². The topological polar surface area (TPSA) is 72.5 Å². The van der Waals surface area contributed by atoms with Crippen molar-refractivity contribution in [3.05, 3.63) is 45.7 Å². The van der Waals surface area contributed by atoms with Crippen LogP contribution >= 0.6 is 27.3 Å². The summed E-state index contributed by atoms with van der Waals surface area (Å²) in [6.07, 6.45) is 0. The van der Waals surface area contributed by atoms with E-state index in [-0.39, 0.29) is 4.21 Å². The molecule has 0 atom stereocenters. The van der Waals surface area contributed by atoms with Crippen LogP contribution in [0.3, 0.4) is 0 Å². The number of anilines is 1. The number of esters is 1. The molecule has 0 unspecified atom stereocenters. The van der Waals surface area contributed by atoms with Gasteiger partial charge in [0.1, 0.15) is 4.21 Å². The second-order valence-electron chi connectivity index (χ2n) is 3.73. The lowest BCUT2D eigenvalue weighted by Crippen LogP contribution is -2.11. The minimum absolute atomic E-state index is 0.210. The number of carbonyl (C=O) groups is 1. The Kier molecular flexibility index (Phi) is 4.46. The summed E-state index contributed by atoms with van der Waals surface area (Å²) in [4.78, 5) is 11.3. The van der Waals surface area contributed by atoms with Gasteiger partial charge in [0.15, 0.2) is 0 Å². The van der Waals surface area contributed by atoms with Gasteiger partial charge in [-0.15, -0.1) is 11.3 Å². The van der Waals surface area contributed by atoms with Crippen LogP contribution < -0.4 is 4.72 Å². The van der Waals surface area contributed by atoms with Crippen molar-refractivity contribution in [2.45, 2.75) is 4.21 Å². The SMILES string of the molecule is COC(=O)c1ccc(NS(=O)(=O)c2ccc(Br)s2)cc1. The van der Waals surface area contributed by atoms with E-state index in [2.05, 4.69) is 25.4 Å². The predicted molar refractivity (Wildman–Crippen MR) is 80.6 cm³/mol. The van der Waals surface area contributed by atoms with Crippen molar-refractivity contribution in [3.63, 3.8) is 0 Å². The van der Waals surface area contributed by atoms with E-state index >= 15 is 0 Å². The molecule has 1 aromatic heterocycles. The summed E-state index contributed by atoms with van der Waals surface area (Å²) in [6.45, 7) is 0. The minimum Gasteiger partial charge on any atom is -0.465 e. The van der Waals surface area contributed by atoms with E-state index in [4.69, 9.17) is 0 Å². The zero-order chi connectivity index (χ0) is 14.8. The van der Waals surface area contributed by atoms with Crippen LogP contribution in [0.4, 0.5) is 5.69 Å². The molecule has 5 nitrogen and oxygen atoms in total. The zero-order valence-electron chi connectivity index (χ0n) is 10.3. The summed E-state index contributed by atoms with van der Waals surface area (Å²) >= 11 is 4.34. The van der Waals surface area contributed by atoms with Crippen LogP contribution in [0.25, 0.3) is 0 Å². The molecule has 0 radical (unpaired) electrons. The molecule has 1 heterocycles. The fourth-order valence-electron chi connectivity index (χ4n) is 1.44. The van der Waals surface area contributed by atoms with E-state index in [1.165, 1.54) is 37.4 Å². The third-order valence-corrected chi connectivity index (χ3v) is 5.87.